The molecule has 2 saturated heterocycles. The fourth-order valence-electron chi connectivity index (χ4n) is 3.62. The maximum Gasteiger partial charge on any atom is 0.156 e. The van der Waals surface area contributed by atoms with Crippen LogP contribution >= 0.6 is 11.3 Å². The lowest BCUT2D eigenvalue weighted by Crippen LogP contribution is -2.49. The fourth-order valence-corrected chi connectivity index (χ4v) is 4.55. The minimum atomic E-state index is 0.259. The predicted molar refractivity (Wildman–Crippen MR) is 90.8 cm³/mol. The fraction of sp³-hybridized carbons (Fsp3) is 0.529. The summed E-state index contributed by atoms with van der Waals surface area (Å²) in [4.78, 5) is 16.1. The van der Waals surface area contributed by atoms with E-state index in [1.54, 1.807) is 12.4 Å². The van der Waals surface area contributed by atoms with Crippen LogP contribution in [0.5, 0.6) is 5.75 Å². The van der Waals surface area contributed by atoms with Crippen LogP contribution in [-0.4, -0.2) is 58.1 Å². The van der Waals surface area contributed by atoms with Crippen molar-refractivity contribution >= 4 is 11.3 Å². The molecule has 0 saturated carbocycles. The molecule has 2 aromatic rings. The highest BCUT2D eigenvalue weighted by molar-refractivity contribution is 7.11. The molecule has 6 heteroatoms. The van der Waals surface area contributed by atoms with Gasteiger partial charge in [-0.15, -0.1) is 11.3 Å². The zero-order valence-corrected chi connectivity index (χ0v) is 14.2. The normalized spacial score (nSPS) is 25.4. The molecule has 4 heterocycles. The summed E-state index contributed by atoms with van der Waals surface area (Å²) in [5.41, 5.74) is 0. The molecule has 0 amide bonds. The van der Waals surface area contributed by atoms with Crippen LogP contribution < -0.4 is 4.74 Å². The lowest BCUT2D eigenvalue weighted by atomic mass is 10.1. The van der Waals surface area contributed by atoms with Crippen LogP contribution in [0.3, 0.4) is 0 Å². The minimum absolute atomic E-state index is 0.259. The Hall–Kier alpha value is -1.50. The van der Waals surface area contributed by atoms with Gasteiger partial charge in [0.15, 0.2) is 5.75 Å². The number of aromatic nitrogens is 2. The van der Waals surface area contributed by atoms with E-state index in [2.05, 4.69) is 38.8 Å². The number of rotatable bonds is 4. The molecule has 2 aromatic heterocycles. The average molecular weight is 330 g/mol. The lowest BCUT2D eigenvalue weighted by Gasteiger charge is -2.36. The number of nitrogens with zero attached hydrogens (tertiary/aromatic N) is 4. The van der Waals surface area contributed by atoms with E-state index in [1.165, 1.54) is 16.1 Å². The van der Waals surface area contributed by atoms with E-state index >= 15 is 0 Å². The number of aryl methyl sites for hydroxylation is 1. The smallest absolute Gasteiger partial charge is 0.156 e. The quantitative estimate of drug-likeness (QED) is 0.859. The zero-order chi connectivity index (χ0) is 15.6. The first kappa shape index (κ1) is 15.1. The van der Waals surface area contributed by atoms with E-state index in [-0.39, 0.29) is 6.10 Å². The number of ether oxygens (including phenoxy) is 1. The molecule has 0 N–H and O–H groups in total. The molecule has 2 atom stereocenters. The number of piperazine rings is 1. The van der Waals surface area contributed by atoms with Gasteiger partial charge in [0.05, 0.1) is 12.4 Å². The van der Waals surface area contributed by atoms with Crippen LogP contribution in [0.2, 0.25) is 0 Å². The summed E-state index contributed by atoms with van der Waals surface area (Å²) < 4.78 is 6.04. The lowest BCUT2D eigenvalue weighted by molar-refractivity contribution is 0.0985. The molecule has 0 unspecified atom stereocenters. The molecule has 122 valence electrons. The van der Waals surface area contributed by atoms with Gasteiger partial charge in [-0.1, -0.05) is 0 Å². The van der Waals surface area contributed by atoms with Gasteiger partial charge in [0.1, 0.15) is 12.4 Å². The van der Waals surface area contributed by atoms with Crippen molar-refractivity contribution in [3.63, 3.8) is 0 Å². The molecule has 23 heavy (non-hydrogen) atoms. The van der Waals surface area contributed by atoms with Gasteiger partial charge in [-0.3, -0.25) is 9.80 Å². The van der Waals surface area contributed by atoms with Gasteiger partial charge in [-0.25, -0.2) is 9.97 Å². The topological polar surface area (TPSA) is 41.5 Å². The Balaban J connectivity index is 1.33. The molecule has 2 fully saturated rings. The Morgan fingerprint density at radius 2 is 2.09 bits per heavy atom. The zero-order valence-electron chi connectivity index (χ0n) is 13.4. The first-order valence-corrected chi connectivity index (χ1v) is 9.01. The Labute approximate surface area is 140 Å². The van der Waals surface area contributed by atoms with Gasteiger partial charge < -0.3 is 4.74 Å². The Morgan fingerprint density at radius 1 is 1.22 bits per heavy atom. The molecule has 0 aliphatic carbocycles. The summed E-state index contributed by atoms with van der Waals surface area (Å²) in [6, 6.07) is 5.10. The van der Waals surface area contributed by atoms with Crippen molar-refractivity contribution in [2.45, 2.75) is 32.0 Å². The van der Waals surface area contributed by atoms with Crippen LogP contribution in [0, 0.1) is 6.92 Å². The van der Waals surface area contributed by atoms with E-state index in [1.807, 2.05) is 11.3 Å². The average Bonchev–Trinajstić information content (AvgIpc) is 3.13. The second-order valence-electron chi connectivity index (χ2n) is 6.45. The highest BCUT2D eigenvalue weighted by atomic mass is 32.1. The third-order valence-corrected chi connectivity index (χ3v) is 5.66. The molecule has 0 radical (unpaired) electrons. The molecular weight excluding hydrogens is 308 g/mol. The van der Waals surface area contributed by atoms with Crippen molar-refractivity contribution in [2.75, 3.05) is 26.2 Å². The molecule has 0 aromatic carbocycles. The molecule has 4 rings (SSSR count). The van der Waals surface area contributed by atoms with Crippen molar-refractivity contribution < 1.29 is 4.74 Å². The highest BCUT2D eigenvalue weighted by Crippen LogP contribution is 2.27. The summed E-state index contributed by atoms with van der Waals surface area (Å²) in [6.45, 7) is 7.71. The summed E-state index contributed by atoms with van der Waals surface area (Å²) in [5, 5.41) is 0. The van der Waals surface area contributed by atoms with Crippen LogP contribution in [0.15, 0.2) is 30.9 Å². The maximum atomic E-state index is 6.04. The largest absolute Gasteiger partial charge is 0.486 e. The van der Waals surface area contributed by atoms with Gasteiger partial charge in [0.2, 0.25) is 0 Å². The van der Waals surface area contributed by atoms with Crippen LogP contribution in [0.4, 0.5) is 0 Å². The summed E-state index contributed by atoms with van der Waals surface area (Å²) in [7, 11) is 0. The Kier molecular flexibility index (Phi) is 4.29. The van der Waals surface area contributed by atoms with E-state index in [0.29, 0.717) is 6.04 Å². The van der Waals surface area contributed by atoms with E-state index < -0.39 is 0 Å². The maximum absolute atomic E-state index is 6.04. The second kappa shape index (κ2) is 6.55. The van der Waals surface area contributed by atoms with Crippen molar-refractivity contribution in [1.82, 2.24) is 19.8 Å². The van der Waals surface area contributed by atoms with E-state index in [4.69, 9.17) is 4.74 Å². The Bertz CT molecular complexity index is 647. The third kappa shape index (κ3) is 3.54. The monoisotopic (exact) mass is 330 g/mol. The predicted octanol–water partition coefficient (Wildman–Crippen LogP) is 2.18. The van der Waals surface area contributed by atoms with Crippen molar-refractivity contribution in [3.05, 3.63) is 40.6 Å². The van der Waals surface area contributed by atoms with Crippen molar-refractivity contribution in [1.29, 1.82) is 0 Å². The minimum Gasteiger partial charge on any atom is -0.486 e. The van der Waals surface area contributed by atoms with Gasteiger partial charge in [-0.2, -0.15) is 0 Å². The summed E-state index contributed by atoms with van der Waals surface area (Å²) in [5.74, 6) is 0.781. The van der Waals surface area contributed by atoms with Crippen molar-refractivity contribution in [2.24, 2.45) is 0 Å². The molecule has 0 bridgehead atoms. The van der Waals surface area contributed by atoms with Crippen LogP contribution in [0.25, 0.3) is 0 Å². The first-order valence-electron chi connectivity index (χ1n) is 8.19. The van der Waals surface area contributed by atoms with Crippen molar-refractivity contribution in [3.8, 4) is 5.75 Å². The number of fused-ring (bicyclic) bond motifs is 1. The SMILES string of the molecule is Cc1ccc(CN2CCN3C[C@H](Oc4cncnc4)C[C@H]3C2)s1. The van der Waals surface area contributed by atoms with E-state index in [9.17, 15) is 0 Å². The molecular formula is C17H22N4OS. The standard InChI is InChI=1S/C17H22N4OS/c1-13-2-3-17(23-13)11-20-4-5-21-10-15(6-14(21)9-20)22-16-7-18-12-19-8-16/h2-3,7-8,12,14-15H,4-6,9-11H2,1H3/t14-,15+/m0/s1. The van der Waals surface area contributed by atoms with Gasteiger partial charge in [-0.05, 0) is 19.1 Å². The number of thiophene rings is 1. The first-order chi connectivity index (χ1) is 11.3. The van der Waals surface area contributed by atoms with Gasteiger partial charge >= 0.3 is 0 Å². The summed E-state index contributed by atoms with van der Waals surface area (Å²) >= 11 is 1.92. The molecule has 2 aliphatic heterocycles. The molecule has 0 spiro atoms. The summed E-state index contributed by atoms with van der Waals surface area (Å²) in [6.07, 6.45) is 6.38. The Morgan fingerprint density at radius 3 is 2.87 bits per heavy atom. The second-order valence-corrected chi connectivity index (χ2v) is 7.82. The van der Waals surface area contributed by atoms with E-state index in [0.717, 1.165) is 44.9 Å². The molecule has 2 aliphatic rings. The number of hydrogen-bond acceptors (Lipinski definition) is 6. The van der Waals surface area contributed by atoms with Gasteiger partial charge in [0.25, 0.3) is 0 Å². The van der Waals surface area contributed by atoms with Gasteiger partial charge in [0, 0.05) is 54.9 Å². The number of hydrogen-bond donors (Lipinski definition) is 0. The highest BCUT2D eigenvalue weighted by Gasteiger charge is 2.37. The molecule has 5 nitrogen and oxygen atoms in total. The third-order valence-electron chi connectivity index (χ3n) is 4.68. The van der Waals surface area contributed by atoms with Crippen LogP contribution in [-0.2, 0) is 6.54 Å². The van der Waals surface area contributed by atoms with Crippen LogP contribution in [0.1, 0.15) is 16.2 Å².